The van der Waals surface area contributed by atoms with Crippen LogP contribution in [0, 0.1) is 0 Å². The summed E-state index contributed by atoms with van der Waals surface area (Å²) >= 11 is 12.1. The molecule has 2 atom stereocenters. The van der Waals surface area contributed by atoms with Gasteiger partial charge in [-0.15, -0.1) is 0 Å². The lowest BCUT2D eigenvalue weighted by Gasteiger charge is -2.30. The van der Waals surface area contributed by atoms with Gasteiger partial charge in [0.1, 0.15) is 0 Å². The highest BCUT2D eigenvalue weighted by atomic mass is 35.5. The van der Waals surface area contributed by atoms with E-state index in [2.05, 4.69) is 4.90 Å². The summed E-state index contributed by atoms with van der Waals surface area (Å²) in [5, 5.41) is 0.544. The molecule has 0 N–H and O–H groups in total. The minimum absolute atomic E-state index is 0.130. The fourth-order valence-corrected chi connectivity index (χ4v) is 4.28. The van der Waals surface area contributed by atoms with E-state index < -0.39 is 0 Å². The van der Waals surface area contributed by atoms with Gasteiger partial charge in [-0.3, -0.25) is 19.4 Å². The molecule has 27 heavy (non-hydrogen) atoms. The van der Waals surface area contributed by atoms with E-state index in [0.29, 0.717) is 24.2 Å². The topological polar surface area (TPSA) is 59.1 Å². The number of ether oxygens (including phenoxy) is 2. The van der Waals surface area contributed by atoms with Crippen molar-refractivity contribution in [2.45, 2.75) is 37.9 Å². The monoisotopic (exact) mass is 412 g/mol. The molecule has 1 aromatic rings. The fourth-order valence-electron chi connectivity index (χ4n) is 3.95. The van der Waals surface area contributed by atoms with Gasteiger partial charge in [0.05, 0.1) is 40.0 Å². The van der Waals surface area contributed by atoms with Crippen molar-refractivity contribution < 1.29 is 19.1 Å². The van der Waals surface area contributed by atoms with Crippen LogP contribution in [0.2, 0.25) is 10.0 Å². The summed E-state index contributed by atoms with van der Waals surface area (Å²) in [6, 6.07) is 2.95. The number of imide groups is 1. The molecule has 0 radical (unpaired) electrons. The summed E-state index contributed by atoms with van der Waals surface area (Å²) in [7, 11) is 0. The zero-order valence-corrected chi connectivity index (χ0v) is 16.5. The number of nitrogens with zero attached hydrogens (tertiary/aromatic N) is 2. The molecule has 1 aromatic carbocycles. The van der Waals surface area contributed by atoms with Crippen molar-refractivity contribution in [1.29, 1.82) is 0 Å². The smallest absolute Gasteiger partial charge is 0.262 e. The number of fused-ring (bicyclic) bond motifs is 1. The van der Waals surface area contributed by atoms with Crippen LogP contribution in [0.5, 0.6) is 0 Å². The van der Waals surface area contributed by atoms with Crippen LogP contribution in [-0.2, 0) is 9.47 Å². The molecule has 2 fully saturated rings. The van der Waals surface area contributed by atoms with Gasteiger partial charge in [-0.25, -0.2) is 0 Å². The standard InChI is InChI=1S/C19H22Cl2N2O4/c20-16-7-14-15(8-17(16)21)19(25)23(18(14)24)11-22(9-12-3-1-5-26-12)10-13-4-2-6-27-13/h7-8,12-13H,1-6,9-11H2/t12-,13-/m1/s1. The molecular formula is C19H22Cl2N2O4. The lowest BCUT2D eigenvalue weighted by Crippen LogP contribution is -2.46. The summed E-state index contributed by atoms with van der Waals surface area (Å²) in [5.41, 5.74) is 0.618. The van der Waals surface area contributed by atoms with E-state index in [0.717, 1.165) is 38.9 Å². The Hall–Kier alpha value is -1.18. The number of hydrogen-bond acceptors (Lipinski definition) is 5. The zero-order valence-electron chi connectivity index (χ0n) is 15.0. The first-order chi connectivity index (χ1) is 13.0. The second-order valence-electron chi connectivity index (χ2n) is 7.30. The SMILES string of the molecule is O=C1c2cc(Cl)c(Cl)cc2C(=O)N1CN(C[C@H]1CCCO1)C[C@H]1CCCO1. The van der Waals surface area contributed by atoms with Crippen LogP contribution in [0.4, 0.5) is 0 Å². The van der Waals surface area contributed by atoms with Gasteiger partial charge < -0.3 is 9.47 Å². The van der Waals surface area contributed by atoms with Crippen molar-refractivity contribution in [1.82, 2.24) is 9.80 Å². The third kappa shape index (κ3) is 4.00. The van der Waals surface area contributed by atoms with Crippen molar-refractivity contribution in [3.05, 3.63) is 33.3 Å². The van der Waals surface area contributed by atoms with Gasteiger partial charge in [0.25, 0.3) is 11.8 Å². The minimum Gasteiger partial charge on any atom is -0.377 e. The molecule has 2 amide bonds. The third-order valence-corrected chi connectivity index (χ3v) is 6.05. The Morgan fingerprint density at radius 3 is 1.81 bits per heavy atom. The first-order valence-corrected chi connectivity index (χ1v) is 10.1. The first-order valence-electron chi connectivity index (χ1n) is 9.33. The van der Waals surface area contributed by atoms with Gasteiger partial charge in [-0.2, -0.15) is 0 Å². The van der Waals surface area contributed by atoms with Crippen LogP contribution < -0.4 is 0 Å². The molecule has 0 spiro atoms. The van der Waals surface area contributed by atoms with Crippen LogP contribution in [-0.4, -0.2) is 66.8 Å². The van der Waals surface area contributed by atoms with Crippen molar-refractivity contribution >= 4 is 35.0 Å². The van der Waals surface area contributed by atoms with E-state index in [9.17, 15) is 9.59 Å². The van der Waals surface area contributed by atoms with E-state index >= 15 is 0 Å². The molecule has 2 saturated heterocycles. The maximum atomic E-state index is 12.8. The summed E-state index contributed by atoms with van der Waals surface area (Å²) in [6.07, 6.45) is 4.34. The van der Waals surface area contributed by atoms with Crippen molar-refractivity contribution in [3.63, 3.8) is 0 Å². The Morgan fingerprint density at radius 2 is 1.41 bits per heavy atom. The normalized spacial score (nSPS) is 25.1. The number of amides is 2. The van der Waals surface area contributed by atoms with Crippen LogP contribution in [0.3, 0.4) is 0 Å². The zero-order chi connectivity index (χ0) is 19.0. The predicted molar refractivity (Wildman–Crippen MR) is 101 cm³/mol. The highest BCUT2D eigenvalue weighted by Crippen LogP contribution is 2.31. The number of carbonyl (C=O) groups excluding carboxylic acids is 2. The molecule has 8 heteroatoms. The maximum Gasteiger partial charge on any atom is 0.262 e. The Morgan fingerprint density at radius 1 is 0.926 bits per heavy atom. The van der Waals surface area contributed by atoms with Crippen LogP contribution >= 0.6 is 23.2 Å². The van der Waals surface area contributed by atoms with Gasteiger partial charge in [-0.05, 0) is 37.8 Å². The largest absolute Gasteiger partial charge is 0.377 e. The molecule has 3 heterocycles. The van der Waals surface area contributed by atoms with E-state index in [1.807, 2.05) is 0 Å². The number of rotatable bonds is 6. The lowest BCUT2D eigenvalue weighted by molar-refractivity contribution is 0.0149. The van der Waals surface area contributed by atoms with Gasteiger partial charge in [0.2, 0.25) is 0 Å². The minimum atomic E-state index is -0.335. The molecule has 0 aliphatic carbocycles. The van der Waals surface area contributed by atoms with Gasteiger partial charge in [0, 0.05) is 26.3 Å². The Labute approximate surface area is 168 Å². The Kier molecular flexibility index (Phi) is 5.71. The van der Waals surface area contributed by atoms with Crippen molar-refractivity contribution in [3.8, 4) is 0 Å². The highest BCUT2D eigenvalue weighted by Gasteiger charge is 2.38. The summed E-state index contributed by atoms with van der Waals surface area (Å²) in [5.74, 6) is -0.670. The lowest BCUT2D eigenvalue weighted by atomic mass is 10.1. The molecule has 3 aliphatic rings. The number of halogens is 2. The quantitative estimate of drug-likeness (QED) is 0.671. The average molecular weight is 413 g/mol. The molecule has 0 unspecified atom stereocenters. The molecule has 6 nitrogen and oxygen atoms in total. The summed E-state index contributed by atoms with van der Waals surface area (Å²) < 4.78 is 11.5. The molecule has 0 bridgehead atoms. The molecule has 146 valence electrons. The van der Waals surface area contributed by atoms with Crippen molar-refractivity contribution in [2.24, 2.45) is 0 Å². The van der Waals surface area contributed by atoms with Crippen LogP contribution in [0.15, 0.2) is 12.1 Å². The fraction of sp³-hybridized carbons (Fsp3) is 0.579. The molecular weight excluding hydrogens is 391 g/mol. The average Bonchev–Trinajstić information content (AvgIpc) is 3.37. The van der Waals surface area contributed by atoms with Gasteiger partial charge >= 0.3 is 0 Å². The van der Waals surface area contributed by atoms with E-state index in [4.69, 9.17) is 32.7 Å². The van der Waals surface area contributed by atoms with Crippen molar-refractivity contribution in [2.75, 3.05) is 33.0 Å². The molecule has 0 saturated carbocycles. The molecule has 0 aromatic heterocycles. The summed E-state index contributed by atoms with van der Waals surface area (Å²) in [4.78, 5) is 28.9. The van der Waals surface area contributed by atoms with E-state index in [1.165, 1.54) is 17.0 Å². The molecule has 4 rings (SSSR count). The Balaban J connectivity index is 1.51. The van der Waals surface area contributed by atoms with Crippen LogP contribution in [0.25, 0.3) is 0 Å². The summed E-state index contributed by atoms with van der Waals surface area (Å²) in [6.45, 7) is 3.09. The van der Waals surface area contributed by atoms with Gasteiger partial charge in [0.15, 0.2) is 0 Å². The second kappa shape index (κ2) is 8.05. The Bertz CT molecular complexity index is 686. The number of benzene rings is 1. The number of hydrogen-bond donors (Lipinski definition) is 0. The predicted octanol–water partition coefficient (Wildman–Crippen LogP) is 3.21. The molecule has 3 aliphatic heterocycles. The van der Waals surface area contributed by atoms with E-state index in [-0.39, 0.29) is 40.7 Å². The first kappa shape index (κ1) is 19.2. The highest BCUT2D eigenvalue weighted by molar-refractivity contribution is 6.43. The second-order valence-corrected chi connectivity index (χ2v) is 8.11. The van der Waals surface area contributed by atoms with Gasteiger partial charge in [-0.1, -0.05) is 23.2 Å². The maximum absolute atomic E-state index is 12.8. The van der Waals surface area contributed by atoms with Crippen LogP contribution in [0.1, 0.15) is 46.4 Å². The number of carbonyl (C=O) groups is 2. The third-order valence-electron chi connectivity index (χ3n) is 5.32. The van der Waals surface area contributed by atoms with E-state index in [1.54, 1.807) is 0 Å².